The minimum atomic E-state index is -0.448. The normalized spacial score (nSPS) is 24.4. The summed E-state index contributed by atoms with van der Waals surface area (Å²) in [6.45, 7) is 4.01. The Balaban J connectivity index is 2.19. The summed E-state index contributed by atoms with van der Waals surface area (Å²) in [5, 5.41) is 2.95. The number of ether oxygens (including phenoxy) is 1. The molecule has 6 heteroatoms. The van der Waals surface area contributed by atoms with Gasteiger partial charge in [0.15, 0.2) is 0 Å². The van der Waals surface area contributed by atoms with Gasteiger partial charge in [-0.1, -0.05) is 0 Å². The van der Waals surface area contributed by atoms with Crippen molar-refractivity contribution in [3.63, 3.8) is 0 Å². The van der Waals surface area contributed by atoms with Crippen LogP contribution in [-0.4, -0.2) is 54.8 Å². The average molecular weight is 385 g/mol. The van der Waals surface area contributed by atoms with E-state index < -0.39 is 21.6 Å². The van der Waals surface area contributed by atoms with Crippen molar-refractivity contribution in [1.82, 2.24) is 10.2 Å². The van der Waals surface area contributed by atoms with Crippen molar-refractivity contribution >= 4 is 6.09 Å². The molecule has 2 unspecified atom stereocenters. The summed E-state index contributed by atoms with van der Waals surface area (Å²) in [6.07, 6.45) is 4.32. The number of rotatable bonds is 7. The number of likely N-dealkylation sites (N-methyl/N-ethyl adjacent to an activating group) is 1. The molecule has 114 valence electrons. The fraction of sp³-hybridized carbons (Fsp3) is 0.923. The molecule has 0 saturated carbocycles. The maximum absolute atomic E-state index is 11.7. The molecule has 0 spiro atoms. The van der Waals surface area contributed by atoms with E-state index >= 15 is 0 Å². The number of amides is 1. The first kappa shape index (κ1) is 17.0. The van der Waals surface area contributed by atoms with Crippen LogP contribution in [0.25, 0.3) is 0 Å². The molecule has 1 heterocycles. The number of unbranched alkanes of at least 4 members (excludes halogenated alkanes) is 2. The summed E-state index contributed by atoms with van der Waals surface area (Å²) >= 11 is -0.448. The van der Waals surface area contributed by atoms with E-state index in [0.717, 1.165) is 23.9 Å². The van der Waals surface area contributed by atoms with Crippen LogP contribution < -0.4 is 26.9 Å². The zero-order valence-corrected chi connectivity index (χ0v) is 14.3. The topological polar surface area (TPSA) is 50.8 Å². The number of carbonyl (C=O) groups excluding carboxylic acids is 1. The van der Waals surface area contributed by atoms with Crippen LogP contribution in [0.5, 0.6) is 0 Å². The van der Waals surface area contributed by atoms with Gasteiger partial charge in [-0.25, -0.2) is 0 Å². The predicted octanol–water partition coefficient (Wildman–Crippen LogP) is -1.37. The number of halogens is 1. The number of alkyl halides is 1. The molecule has 0 aliphatic carbocycles. The summed E-state index contributed by atoms with van der Waals surface area (Å²) < 4.78 is 11.8. The third-order valence-corrected chi connectivity index (χ3v) is 5.22. The Hall–Kier alpha value is -0.0800. The van der Waals surface area contributed by atoms with Gasteiger partial charge < -0.3 is 0 Å². The Labute approximate surface area is 127 Å². The summed E-state index contributed by atoms with van der Waals surface area (Å²) in [4.78, 5) is 13.9. The van der Waals surface area contributed by atoms with Gasteiger partial charge in [-0.3, -0.25) is 0 Å². The van der Waals surface area contributed by atoms with Gasteiger partial charge in [0.2, 0.25) is 0 Å². The molecule has 0 bridgehead atoms. The van der Waals surface area contributed by atoms with Gasteiger partial charge in [-0.05, 0) is 0 Å². The van der Waals surface area contributed by atoms with Crippen molar-refractivity contribution in [1.29, 1.82) is 0 Å². The molecule has 1 amide bonds. The van der Waals surface area contributed by atoms with Crippen LogP contribution in [0.2, 0.25) is 0 Å². The second kappa shape index (κ2) is 9.77. The fourth-order valence-corrected chi connectivity index (χ4v) is 3.62. The number of piperidine rings is 1. The number of hydrogen-bond acceptors (Lipinski definition) is 4. The first-order valence-electron chi connectivity index (χ1n) is 6.95. The fourth-order valence-electron chi connectivity index (χ4n) is 2.14. The number of nitrogens with zero attached hydrogens (tertiary/aromatic N) is 1. The maximum atomic E-state index is 11.7. The molecule has 0 aromatic rings. The van der Waals surface area contributed by atoms with Crippen LogP contribution >= 0.6 is 0 Å². The van der Waals surface area contributed by atoms with Crippen molar-refractivity contribution < 1.29 is 34.2 Å². The first-order valence-corrected chi connectivity index (χ1v) is 9.36. The van der Waals surface area contributed by atoms with Crippen molar-refractivity contribution in [2.75, 3.05) is 31.7 Å². The van der Waals surface area contributed by atoms with Gasteiger partial charge in [-0.15, -0.1) is 0 Å². The van der Waals surface area contributed by atoms with Gasteiger partial charge in [0.25, 0.3) is 0 Å². The summed E-state index contributed by atoms with van der Waals surface area (Å²) in [6, 6.07) is 0.0772. The molecule has 19 heavy (non-hydrogen) atoms. The number of carbonyl (C=O) groups is 1. The van der Waals surface area contributed by atoms with E-state index in [4.69, 9.17) is 7.80 Å². The van der Waals surface area contributed by atoms with E-state index in [1.54, 1.807) is 7.11 Å². The molecular formula is C13H26IN2O3-. The van der Waals surface area contributed by atoms with Gasteiger partial charge in [0.1, 0.15) is 0 Å². The van der Waals surface area contributed by atoms with Gasteiger partial charge in [0.05, 0.1) is 0 Å². The summed E-state index contributed by atoms with van der Waals surface area (Å²) in [5.74, 6) is 0. The zero-order valence-electron chi connectivity index (χ0n) is 12.2. The molecular weight excluding hydrogens is 359 g/mol. The van der Waals surface area contributed by atoms with E-state index in [9.17, 15) is 4.79 Å². The summed E-state index contributed by atoms with van der Waals surface area (Å²) in [7, 11) is 3.77. The number of methoxy groups -OCH3 is 1. The van der Waals surface area contributed by atoms with E-state index in [2.05, 4.69) is 24.2 Å². The quantitative estimate of drug-likeness (QED) is 0.334. The molecule has 1 rings (SSSR count). The molecule has 1 saturated heterocycles. The van der Waals surface area contributed by atoms with Crippen molar-refractivity contribution in [2.45, 2.75) is 44.8 Å². The monoisotopic (exact) mass is 385 g/mol. The first-order chi connectivity index (χ1) is 9.17. The third kappa shape index (κ3) is 6.76. The van der Waals surface area contributed by atoms with Crippen LogP contribution in [0.4, 0.5) is 4.79 Å². The van der Waals surface area contributed by atoms with E-state index in [1.807, 2.05) is 0 Å². The van der Waals surface area contributed by atoms with Crippen molar-refractivity contribution in [3.8, 4) is 0 Å². The Bertz CT molecular complexity index is 266. The second-order valence-corrected chi connectivity index (χ2v) is 7.09. The standard InChI is InChI=1S/C13H26IN2O3/c1-4-5-6-8-14-19-13(17)15-11-7-9-16(2)10-12(11)18-3/h11-12H,4-10H2,1-3H3,(H,15,17)/q-1. The molecule has 1 aliphatic rings. The minimum absolute atomic E-state index is 0.0598. The third-order valence-electron chi connectivity index (χ3n) is 3.31. The van der Waals surface area contributed by atoms with Crippen LogP contribution in [0.3, 0.4) is 0 Å². The zero-order chi connectivity index (χ0) is 14.1. The molecule has 1 fully saturated rings. The molecule has 1 aliphatic heterocycles. The molecule has 2 atom stereocenters. The van der Waals surface area contributed by atoms with E-state index in [0.29, 0.717) is 0 Å². The van der Waals surface area contributed by atoms with Crippen LogP contribution in [0, 0.1) is 0 Å². The van der Waals surface area contributed by atoms with E-state index in [1.165, 1.54) is 19.3 Å². The Kier molecular flexibility index (Phi) is 8.72. The number of likely N-dealkylation sites (tertiary alicyclic amines) is 1. The van der Waals surface area contributed by atoms with Crippen molar-refractivity contribution in [3.05, 3.63) is 0 Å². The molecule has 0 aromatic carbocycles. The van der Waals surface area contributed by atoms with Crippen molar-refractivity contribution in [2.24, 2.45) is 0 Å². The SMILES string of the molecule is CCCCC[I-]OC(=O)NC1CCN(C)CC1OC. The predicted molar refractivity (Wildman–Crippen MR) is 70.7 cm³/mol. The van der Waals surface area contributed by atoms with Crippen LogP contribution in [0.1, 0.15) is 32.6 Å². The Morgan fingerprint density at radius 3 is 2.95 bits per heavy atom. The molecule has 0 radical (unpaired) electrons. The number of hydrogen-bond donors (Lipinski definition) is 1. The van der Waals surface area contributed by atoms with E-state index in [-0.39, 0.29) is 18.2 Å². The Morgan fingerprint density at radius 2 is 2.26 bits per heavy atom. The van der Waals surface area contributed by atoms with Crippen LogP contribution in [0.15, 0.2) is 0 Å². The van der Waals surface area contributed by atoms with Gasteiger partial charge in [0, 0.05) is 0 Å². The second-order valence-electron chi connectivity index (χ2n) is 4.95. The molecule has 0 aromatic heterocycles. The number of nitrogens with one attached hydrogen (secondary N) is 1. The molecule has 5 nitrogen and oxygen atoms in total. The average Bonchev–Trinajstić information content (AvgIpc) is 2.40. The molecule has 1 N–H and O–H groups in total. The Morgan fingerprint density at radius 1 is 1.47 bits per heavy atom. The van der Waals surface area contributed by atoms with Gasteiger partial charge >= 0.3 is 127 Å². The van der Waals surface area contributed by atoms with Gasteiger partial charge in [-0.2, -0.15) is 0 Å². The summed E-state index contributed by atoms with van der Waals surface area (Å²) in [5.41, 5.74) is 0. The van der Waals surface area contributed by atoms with Crippen LogP contribution in [-0.2, 0) is 7.80 Å².